The Morgan fingerprint density at radius 2 is 2.20 bits per heavy atom. The molecule has 3 nitrogen and oxygen atoms in total. The SMILES string of the molecule is C=C(C)C(NCCC)c1cnc(C)cn1. The Balaban J connectivity index is 2.79. The van der Waals surface area contributed by atoms with Crippen LogP contribution in [0.1, 0.15) is 37.7 Å². The zero-order chi connectivity index (χ0) is 11.3. The number of aromatic nitrogens is 2. The Labute approximate surface area is 91.7 Å². The van der Waals surface area contributed by atoms with Gasteiger partial charge in [0.25, 0.3) is 0 Å². The number of hydrogen-bond donors (Lipinski definition) is 1. The van der Waals surface area contributed by atoms with Gasteiger partial charge >= 0.3 is 0 Å². The normalized spacial score (nSPS) is 12.5. The van der Waals surface area contributed by atoms with E-state index in [0.717, 1.165) is 29.9 Å². The van der Waals surface area contributed by atoms with E-state index in [0.29, 0.717) is 0 Å². The summed E-state index contributed by atoms with van der Waals surface area (Å²) >= 11 is 0. The van der Waals surface area contributed by atoms with Crippen LogP contribution < -0.4 is 5.32 Å². The van der Waals surface area contributed by atoms with Crippen molar-refractivity contribution in [3.63, 3.8) is 0 Å². The molecular formula is C12H19N3. The van der Waals surface area contributed by atoms with Gasteiger partial charge in [0.1, 0.15) is 0 Å². The smallest absolute Gasteiger partial charge is 0.0798 e. The Morgan fingerprint density at radius 3 is 2.67 bits per heavy atom. The largest absolute Gasteiger partial charge is 0.305 e. The first-order valence-electron chi connectivity index (χ1n) is 5.32. The van der Waals surface area contributed by atoms with Gasteiger partial charge in [-0.05, 0) is 26.8 Å². The summed E-state index contributed by atoms with van der Waals surface area (Å²) in [4.78, 5) is 8.61. The Morgan fingerprint density at radius 1 is 1.47 bits per heavy atom. The third kappa shape index (κ3) is 3.44. The molecule has 1 rings (SSSR count). The summed E-state index contributed by atoms with van der Waals surface area (Å²) in [7, 11) is 0. The average Bonchev–Trinajstić information content (AvgIpc) is 2.21. The van der Waals surface area contributed by atoms with Gasteiger partial charge in [0, 0.05) is 6.20 Å². The van der Waals surface area contributed by atoms with Crippen molar-refractivity contribution >= 4 is 0 Å². The Bertz CT molecular complexity index is 316. The monoisotopic (exact) mass is 205 g/mol. The first-order chi connectivity index (χ1) is 7.15. The number of rotatable bonds is 5. The van der Waals surface area contributed by atoms with E-state index in [1.165, 1.54) is 0 Å². The van der Waals surface area contributed by atoms with Crippen molar-refractivity contribution in [1.82, 2.24) is 15.3 Å². The minimum Gasteiger partial charge on any atom is -0.305 e. The molecule has 15 heavy (non-hydrogen) atoms. The van der Waals surface area contributed by atoms with Gasteiger partial charge in [0.2, 0.25) is 0 Å². The third-order valence-electron chi connectivity index (χ3n) is 2.19. The van der Waals surface area contributed by atoms with Crippen molar-refractivity contribution in [3.05, 3.63) is 35.9 Å². The lowest BCUT2D eigenvalue weighted by Gasteiger charge is -2.17. The minimum absolute atomic E-state index is 0.123. The highest BCUT2D eigenvalue weighted by molar-refractivity contribution is 5.17. The average molecular weight is 205 g/mol. The van der Waals surface area contributed by atoms with E-state index < -0.39 is 0 Å². The van der Waals surface area contributed by atoms with Crippen molar-refractivity contribution in [3.8, 4) is 0 Å². The van der Waals surface area contributed by atoms with E-state index in [4.69, 9.17) is 0 Å². The first-order valence-corrected chi connectivity index (χ1v) is 5.32. The molecule has 0 fully saturated rings. The third-order valence-corrected chi connectivity index (χ3v) is 2.19. The topological polar surface area (TPSA) is 37.8 Å². The van der Waals surface area contributed by atoms with Crippen LogP contribution in [0.15, 0.2) is 24.5 Å². The Hall–Kier alpha value is -1.22. The second kappa shape index (κ2) is 5.61. The molecule has 0 bridgehead atoms. The van der Waals surface area contributed by atoms with Crippen LogP contribution in [0, 0.1) is 6.92 Å². The highest BCUT2D eigenvalue weighted by Gasteiger charge is 2.12. The number of nitrogens with one attached hydrogen (secondary N) is 1. The van der Waals surface area contributed by atoms with Crippen LogP contribution in [0.3, 0.4) is 0 Å². The van der Waals surface area contributed by atoms with Gasteiger partial charge in [-0.3, -0.25) is 9.97 Å². The zero-order valence-electron chi connectivity index (χ0n) is 9.75. The maximum Gasteiger partial charge on any atom is 0.0798 e. The fourth-order valence-electron chi connectivity index (χ4n) is 1.37. The van der Waals surface area contributed by atoms with Crippen LogP contribution >= 0.6 is 0 Å². The molecule has 1 heterocycles. The summed E-state index contributed by atoms with van der Waals surface area (Å²) < 4.78 is 0. The second-order valence-corrected chi connectivity index (χ2v) is 3.82. The van der Waals surface area contributed by atoms with Crippen LogP contribution in [0.25, 0.3) is 0 Å². The molecular weight excluding hydrogens is 186 g/mol. The van der Waals surface area contributed by atoms with E-state index in [2.05, 4.69) is 28.8 Å². The standard InChI is InChI=1S/C12H19N3/c1-5-6-13-12(9(2)3)11-8-14-10(4)7-15-11/h7-8,12-13H,2,5-6H2,1,3-4H3. The predicted octanol–water partition coefficient (Wildman–Crippen LogP) is 2.40. The number of hydrogen-bond acceptors (Lipinski definition) is 3. The fraction of sp³-hybridized carbons (Fsp3) is 0.500. The van der Waals surface area contributed by atoms with Gasteiger partial charge in [0.15, 0.2) is 0 Å². The van der Waals surface area contributed by atoms with Crippen molar-refractivity contribution in [2.24, 2.45) is 0 Å². The van der Waals surface area contributed by atoms with Crippen LogP contribution in [-0.2, 0) is 0 Å². The predicted molar refractivity (Wildman–Crippen MR) is 62.6 cm³/mol. The summed E-state index contributed by atoms with van der Waals surface area (Å²) in [6.07, 6.45) is 4.71. The van der Waals surface area contributed by atoms with Crippen LogP contribution in [0.4, 0.5) is 0 Å². The maximum atomic E-state index is 4.37. The molecule has 0 amide bonds. The first kappa shape index (κ1) is 11.9. The highest BCUT2D eigenvalue weighted by Crippen LogP contribution is 2.16. The summed E-state index contributed by atoms with van der Waals surface area (Å²) in [6.45, 7) is 11.0. The van der Waals surface area contributed by atoms with E-state index in [9.17, 15) is 0 Å². The summed E-state index contributed by atoms with van der Waals surface area (Å²) in [5.74, 6) is 0. The summed E-state index contributed by atoms with van der Waals surface area (Å²) in [6, 6.07) is 0.123. The lowest BCUT2D eigenvalue weighted by atomic mass is 10.1. The molecule has 1 aromatic heterocycles. The molecule has 0 aliphatic rings. The van der Waals surface area contributed by atoms with Gasteiger partial charge in [0.05, 0.1) is 23.6 Å². The van der Waals surface area contributed by atoms with Gasteiger partial charge in [-0.1, -0.05) is 19.1 Å². The highest BCUT2D eigenvalue weighted by atomic mass is 14.9. The van der Waals surface area contributed by atoms with Crippen molar-refractivity contribution in [2.75, 3.05) is 6.54 Å². The summed E-state index contributed by atoms with van der Waals surface area (Å²) in [5, 5.41) is 3.40. The molecule has 82 valence electrons. The molecule has 0 saturated heterocycles. The van der Waals surface area contributed by atoms with Crippen LogP contribution in [0.5, 0.6) is 0 Å². The van der Waals surface area contributed by atoms with Crippen molar-refractivity contribution < 1.29 is 0 Å². The maximum absolute atomic E-state index is 4.37. The lowest BCUT2D eigenvalue weighted by molar-refractivity contribution is 0.576. The quantitative estimate of drug-likeness (QED) is 0.750. The molecule has 1 unspecified atom stereocenters. The van der Waals surface area contributed by atoms with Crippen LogP contribution in [0.2, 0.25) is 0 Å². The number of aryl methyl sites for hydroxylation is 1. The molecule has 0 aliphatic heterocycles. The van der Waals surface area contributed by atoms with Crippen molar-refractivity contribution in [1.29, 1.82) is 0 Å². The zero-order valence-corrected chi connectivity index (χ0v) is 9.75. The fourth-order valence-corrected chi connectivity index (χ4v) is 1.37. The van der Waals surface area contributed by atoms with E-state index >= 15 is 0 Å². The van der Waals surface area contributed by atoms with E-state index in [-0.39, 0.29) is 6.04 Å². The number of nitrogens with zero attached hydrogens (tertiary/aromatic N) is 2. The van der Waals surface area contributed by atoms with Gasteiger partial charge < -0.3 is 5.32 Å². The molecule has 0 aliphatic carbocycles. The molecule has 1 aromatic rings. The second-order valence-electron chi connectivity index (χ2n) is 3.82. The molecule has 1 atom stereocenters. The molecule has 0 aromatic carbocycles. The molecule has 3 heteroatoms. The minimum atomic E-state index is 0.123. The molecule has 1 N–H and O–H groups in total. The van der Waals surface area contributed by atoms with E-state index in [1.807, 2.05) is 20.0 Å². The summed E-state index contributed by atoms with van der Waals surface area (Å²) in [5.41, 5.74) is 2.96. The van der Waals surface area contributed by atoms with Crippen LogP contribution in [-0.4, -0.2) is 16.5 Å². The van der Waals surface area contributed by atoms with Crippen molar-refractivity contribution in [2.45, 2.75) is 33.2 Å². The van der Waals surface area contributed by atoms with Gasteiger partial charge in [-0.25, -0.2) is 0 Å². The van der Waals surface area contributed by atoms with E-state index in [1.54, 1.807) is 6.20 Å². The lowest BCUT2D eigenvalue weighted by Crippen LogP contribution is -2.23. The van der Waals surface area contributed by atoms with Gasteiger partial charge in [-0.2, -0.15) is 0 Å². The van der Waals surface area contributed by atoms with Gasteiger partial charge in [-0.15, -0.1) is 0 Å². The Kier molecular flexibility index (Phi) is 4.43. The molecule has 0 spiro atoms. The molecule has 0 radical (unpaired) electrons. The molecule has 0 saturated carbocycles.